The van der Waals surface area contributed by atoms with Gasteiger partial charge in [-0.15, -0.1) is 0 Å². The maximum Gasteiger partial charge on any atom is 0.313 e. The van der Waals surface area contributed by atoms with Gasteiger partial charge in [-0.05, 0) is 42.5 Å². The lowest BCUT2D eigenvalue weighted by Gasteiger charge is -2.24. The number of aliphatic hydroxyl groups is 2. The summed E-state index contributed by atoms with van der Waals surface area (Å²) in [6.07, 6.45) is -2.05. The van der Waals surface area contributed by atoms with Gasteiger partial charge >= 0.3 is 5.97 Å². The first-order valence-electron chi connectivity index (χ1n) is 11.5. The van der Waals surface area contributed by atoms with Gasteiger partial charge in [-0.1, -0.05) is 38.1 Å². The molecule has 1 saturated heterocycles. The van der Waals surface area contributed by atoms with Crippen molar-refractivity contribution < 1.29 is 24.5 Å². The Hall–Kier alpha value is -3.52. The fourth-order valence-corrected chi connectivity index (χ4v) is 4.39. The lowest BCUT2D eigenvalue weighted by molar-refractivity contribution is -0.152. The highest BCUT2D eigenvalue weighted by Gasteiger charge is 2.57. The molecule has 1 aliphatic rings. The number of hydrogen-bond donors (Lipinski definition) is 3. The number of benzene rings is 1. The van der Waals surface area contributed by atoms with Crippen molar-refractivity contribution in [3.8, 4) is 6.07 Å². The van der Waals surface area contributed by atoms with E-state index in [1.165, 1.54) is 22.5 Å². The lowest BCUT2D eigenvalue weighted by Crippen LogP contribution is -2.41. The standard InChI is InChI=1S/C25H29N5O5/c1-14(2)10-16-4-6-17(7-5-16)15(3)24(33)34-11-19-21(31)22(32)25(12-26,35-19)20-9-8-18-23(27)28-13-29-30(18)20/h4-9,13-15,19,21-22,31-32H,10-11H2,1-3H3,(H2,27,28,29)/t15?,19-,21+,22?,25+/m1/s1. The number of nitrogen functional groups attached to an aromatic ring is 1. The van der Waals surface area contributed by atoms with Crippen molar-refractivity contribution in [2.75, 3.05) is 12.3 Å². The first-order valence-corrected chi connectivity index (χ1v) is 11.5. The average Bonchev–Trinajstić information content (AvgIpc) is 3.38. The van der Waals surface area contributed by atoms with Gasteiger partial charge in [0.1, 0.15) is 42.8 Å². The number of nitrogens with zero attached hydrogens (tertiary/aromatic N) is 4. The Bertz CT molecular complexity index is 1250. The minimum absolute atomic E-state index is 0.180. The molecule has 0 radical (unpaired) electrons. The molecular formula is C25H29N5O5. The van der Waals surface area contributed by atoms with Crippen molar-refractivity contribution in [1.82, 2.24) is 14.6 Å². The summed E-state index contributed by atoms with van der Waals surface area (Å²) in [5.74, 6) is -0.327. The monoisotopic (exact) mass is 479 g/mol. The average molecular weight is 480 g/mol. The molecule has 35 heavy (non-hydrogen) atoms. The second-order valence-corrected chi connectivity index (χ2v) is 9.29. The highest BCUT2D eigenvalue weighted by Crippen LogP contribution is 2.40. The largest absolute Gasteiger partial charge is 0.462 e. The van der Waals surface area contributed by atoms with E-state index < -0.39 is 35.8 Å². The van der Waals surface area contributed by atoms with E-state index in [0.29, 0.717) is 11.4 Å². The zero-order valence-corrected chi connectivity index (χ0v) is 19.8. The van der Waals surface area contributed by atoms with Crippen molar-refractivity contribution >= 4 is 17.3 Å². The molecule has 1 aromatic carbocycles. The smallest absolute Gasteiger partial charge is 0.313 e. The molecule has 4 rings (SSSR count). The third kappa shape index (κ3) is 4.46. The van der Waals surface area contributed by atoms with E-state index in [0.717, 1.165) is 12.0 Å². The third-order valence-electron chi connectivity index (χ3n) is 6.35. The van der Waals surface area contributed by atoms with Crippen LogP contribution in [0, 0.1) is 17.2 Å². The number of carbonyl (C=O) groups excluding carboxylic acids is 1. The molecule has 3 heterocycles. The quantitative estimate of drug-likeness (QED) is 0.429. The van der Waals surface area contributed by atoms with Crippen molar-refractivity contribution in [2.45, 2.75) is 57.0 Å². The van der Waals surface area contributed by atoms with E-state index in [2.05, 4.69) is 23.9 Å². The Kier molecular flexibility index (Phi) is 6.76. The minimum Gasteiger partial charge on any atom is -0.462 e. The van der Waals surface area contributed by atoms with Crippen LogP contribution in [0.4, 0.5) is 5.82 Å². The van der Waals surface area contributed by atoms with Crippen LogP contribution in [-0.2, 0) is 26.3 Å². The normalized spacial score (nSPS) is 25.0. The van der Waals surface area contributed by atoms with Crippen molar-refractivity contribution in [3.05, 3.63) is 59.5 Å². The van der Waals surface area contributed by atoms with Crippen LogP contribution in [0.15, 0.2) is 42.7 Å². The molecule has 0 amide bonds. The number of anilines is 1. The summed E-state index contributed by atoms with van der Waals surface area (Å²) in [6, 6.07) is 12.9. The van der Waals surface area contributed by atoms with Gasteiger partial charge in [-0.3, -0.25) is 4.79 Å². The molecule has 10 heteroatoms. The Morgan fingerprint density at radius 3 is 2.63 bits per heavy atom. The Morgan fingerprint density at radius 2 is 1.97 bits per heavy atom. The molecule has 10 nitrogen and oxygen atoms in total. The van der Waals surface area contributed by atoms with Gasteiger partial charge in [0.15, 0.2) is 5.82 Å². The first-order chi connectivity index (χ1) is 16.7. The second kappa shape index (κ2) is 9.62. The maximum atomic E-state index is 12.7. The minimum atomic E-state index is -1.94. The van der Waals surface area contributed by atoms with E-state index in [1.54, 1.807) is 13.0 Å². The van der Waals surface area contributed by atoms with E-state index >= 15 is 0 Å². The van der Waals surface area contributed by atoms with Crippen LogP contribution < -0.4 is 5.73 Å². The molecule has 2 unspecified atom stereocenters. The van der Waals surface area contributed by atoms with Gasteiger partial charge in [0.05, 0.1) is 11.6 Å². The van der Waals surface area contributed by atoms with Gasteiger partial charge in [-0.2, -0.15) is 10.4 Å². The predicted molar refractivity (Wildman–Crippen MR) is 126 cm³/mol. The number of esters is 1. The summed E-state index contributed by atoms with van der Waals surface area (Å²) < 4.78 is 12.6. The van der Waals surface area contributed by atoms with Crippen molar-refractivity contribution in [1.29, 1.82) is 5.26 Å². The Labute approximate surface area is 202 Å². The Morgan fingerprint density at radius 1 is 1.26 bits per heavy atom. The van der Waals surface area contributed by atoms with Crippen LogP contribution in [-0.4, -0.2) is 55.7 Å². The number of rotatable bonds is 7. The molecule has 1 fully saturated rings. The van der Waals surface area contributed by atoms with Crippen LogP contribution in [0.2, 0.25) is 0 Å². The van der Waals surface area contributed by atoms with Gasteiger partial charge in [0.25, 0.3) is 0 Å². The van der Waals surface area contributed by atoms with Gasteiger partial charge in [0, 0.05) is 0 Å². The third-order valence-corrected chi connectivity index (χ3v) is 6.35. The van der Waals surface area contributed by atoms with Crippen LogP contribution in [0.3, 0.4) is 0 Å². The summed E-state index contributed by atoms with van der Waals surface area (Å²) in [5.41, 5.74) is 6.52. The number of fused-ring (bicyclic) bond motifs is 1. The number of aliphatic hydroxyl groups excluding tert-OH is 2. The van der Waals surface area contributed by atoms with Crippen molar-refractivity contribution in [2.24, 2.45) is 5.92 Å². The van der Waals surface area contributed by atoms with E-state index in [-0.39, 0.29) is 18.1 Å². The van der Waals surface area contributed by atoms with E-state index in [4.69, 9.17) is 15.2 Å². The van der Waals surface area contributed by atoms with Crippen LogP contribution in [0.25, 0.3) is 5.52 Å². The van der Waals surface area contributed by atoms with Crippen molar-refractivity contribution in [3.63, 3.8) is 0 Å². The maximum absolute atomic E-state index is 12.7. The zero-order valence-electron chi connectivity index (χ0n) is 19.8. The molecule has 3 aromatic rings. The summed E-state index contributed by atoms with van der Waals surface area (Å²) in [5, 5.41) is 35.5. The predicted octanol–water partition coefficient (Wildman–Crippen LogP) is 1.70. The van der Waals surface area contributed by atoms with Crippen LogP contribution >= 0.6 is 0 Å². The molecule has 0 bridgehead atoms. The summed E-state index contributed by atoms with van der Waals surface area (Å²) in [7, 11) is 0. The summed E-state index contributed by atoms with van der Waals surface area (Å²) in [4.78, 5) is 16.6. The molecule has 0 aliphatic carbocycles. The second-order valence-electron chi connectivity index (χ2n) is 9.29. The SMILES string of the molecule is CC(C)Cc1ccc(C(C)C(=O)OC[C@H]2O[C@@](C#N)(c3ccc4c(N)ncnn34)C(O)[C@H]2O)cc1. The highest BCUT2D eigenvalue weighted by atomic mass is 16.6. The fourth-order valence-electron chi connectivity index (χ4n) is 4.39. The number of carbonyl (C=O) groups is 1. The number of aromatic nitrogens is 3. The zero-order chi connectivity index (χ0) is 25.3. The number of ether oxygens (including phenoxy) is 2. The van der Waals surface area contributed by atoms with Gasteiger partial charge in [-0.25, -0.2) is 9.50 Å². The molecule has 1 aliphatic heterocycles. The molecule has 0 spiro atoms. The molecule has 0 saturated carbocycles. The Balaban J connectivity index is 1.47. The molecule has 184 valence electrons. The summed E-state index contributed by atoms with van der Waals surface area (Å²) in [6.45, 7) is 5.69. The van der Waals surface area contributed by atoms with E-state index in [9.17, 15) is 20.3 Å². The highest BCUT2D eigenvalue weighted by molar-refractivity contribution is 5.77. The lowest BCUT2D eigenvalue weighted by atomic mass is 9.92. The number of nitriles is 1. The topological polar surface area (TPSA) is 156 Å². The molecule has 4 N–H and O–H groups in total. The molecular weight excluding hydrogens is 450 g/mol. The fraction of sp³-hybridized carbons (Fsp3) is 0.440. The van der Waals surface area contributed by atoms with Crippen LogP contribution in [0.5, 0.6) is 0 Å². The number of hydrogen-bond acceptors (Lipinski definition) is 9. The number of nitrogens with two attached hydrogens (primary N) is 1. The van der Waals surface area contributed by atoms with Crippen LogP contribution in [0.1, 0.15) is 43.5 Å². The first kappa shape index (κ1) is 24.6. The van der Waals surface area contributed by atoms with E-state index in [1.807, 2.05) is 30.3 Å². The molecule has 2 aromatic heterocycles. The summed E-state index contributed by atoms with van der Waals surface area (Å²) >= 11 is 0. The van der Waals surface area contributed by atoms with Gasteiger partial charge < -0.3 is 25.4 Å². The molecule has 5 atom stereocenters. The van der Waals surface area contributed by atoms with Gasteiger partial charge in [0.2, 0.25) is 5.60 Å².